The number of halogens is 1. The monoisotopic (exact) mass is 234 g/mol. The summed E-state index contributed by atoms with van der Waals surface area (Å²) in [5.41, 5.74) is 0. The van der Waals surface area contributed by atoms with Crippen LogP contribution in [0.25, 0.3) is 0 Å². The molecule has 0 aromatic heterocycles. The minimum absolute atomic E-state index is 0.100. The van der Waals surface area contributed by atoms with Crippen molar-refractivity contribution in [2.75, 3.05) is 5.75 Å². The second kappa shape index (κ2) is 4.13. The zero-order chi connectivity index (χ0) is 10.7. The van der Waals surface area contributed by atoms with Crippen LogP contribution >= 0.6 is 0 Å². The zero-order valence-electron chi connectivity index (χ0n) is 6.16. The van der Waals surface area contributed by atoms with Gasteiger partial charge in [-0.15, -0.1) is 0 Å². The van der Waals surface area contributed by atoms with E-state index >= 15 is 0 Å². The second-order valence-electron chi connectivity index (χ2n) is 2.11. The van der Waals surface area contributed by atoms with Gasteiger partial charge >= 0.3 is 0 Å². The first-order valence-corrected chi connectivity index (χ1v) is 5.96. The van der Waals surface area contributed by atoms with Gasteiger partial charge in [0.15, 0.2) is 0 Å². The highest BCUT2D eigenvalue weighted by Crippen LogP contribution is 1.99. The summed E-state index contributed by atoms with van der Waals surface area (Å²) in [7, 11) is -8.97. The highest BCUT2D eigenvalue weighted by atomic mass is 32.2. The van der Waals surface area contributed by atoms with Crippen molar-refractivity contribution in [1.29, 1.82) is 0 Å². The van der Waals surface area contributed by atoms with Crippen molar-refractivity contribution < 1.29 is 30.3 Å². The van der Waals surface area contributed by atoms with Crippen LogP contribution in [0.1, 0.15) is 0 Å². The van der Waals surface area contributed by atoms with E-state index in [1.807, 2.05) is 0 Å². The summed E-state index contributed by atoms with van der Waals surface area (Å²) in [6.07, 6.45) is -1.87. The minimum atomic E-state index is -4.49. The fraction of sp³-hybridized carbons (Fsp3) is 0.500. The minimum Gasteiger partial charge on any atom is -0.285 e. The Morgan fingerprint density at radius 3 is 2.00 bits per heavy atom. The first-order chi connectivity index (χ1) is 5.60. The average molecular weight is 234 g/mol. The van der Waals surface area contributed by atoms with Gasteiger partial charge in [0.25, 0.3) is 20.2 Å². The largest absolute Gasteiger partial charge is 0.287 e. The molecule has 2 N–H and O–H groups in total. The Bertz CT molecular complexity index is 379. The lowest BCUT2D eigenvalue weighted by molar-refractivity contribution is 0.409. The maximum Gasteiger partial charge on any atom is 0.287 e. The van der Waals surface area contributed by atoms with Gasteiger partial charge in [0, 0.05) is 0 Å². The van der Waals surface area contributed by atoms with Crippen molar-refractivity contribution in [2.24, 2.45) is 0 Å². The summed E-state index contributed by atoms with van der Waals surface area (Å²) in [6, 6.07) is 0. The predicted molar refractivity (Wildman–Crippen MR) is 42.0 cm³/mol. The summed E-state index contributed by atoms with van der Waals surface area (Å²) in [5, 5.41) is 0.100. The number of rotatable bonds is 4. The summed E-state index contributed by atoms with van der Waals surface area (Å²) >= 11 is 0. The van der Waals surface area contributed by atoms with Gasteiger partial charge in [0.05, 0.1) is 5.41 Å². The molecule has 0 aromatic rings. The van der Waals surface area contributed by atoms with Gasteiger partial charge in [0.1, 0.15) is 11.9 Å². The lowest BCUT2D eigenvalue weighted by atomic mass is 10.4. The van der Waals surface area contributed by atoms with Gasteiger partial charge in [-0.1, -0.05) is 0 Å². The summed E-state index contributed by atoms with van der Waals surface area (Å²) in [4.78, 5) is 0. The normalized spacial score (nSPS) is 16.2. The molecule has 0 saturated heterocycles. The maximum absolute atomic E-state index is 12.4. The molecular formula is C4H7FO6S2. The van der Waals surface area contributed by atoms with Crippen molar-refractivity contribution in [3.05, 3.63) is 11.5 Å². The molecule has 0 rings (SSSR count). The van der Waals surface area contributed by atoms with Crippen LogP contribution < -0.4 is 0 Å². The summed E-state index contributed by atoms with van der Waals surface area (Å²) in [6.45, 7) is 0. The molecule has 0 fully saturated rings. The standard InChI is InChI=1S/C4H7FO6S2/c5-4(3-13(9,10)11)1-2-12(6,7)8/h1-2,4H,3H2,(H,6,7,8)(H,9,10,11). The molecule has 0 spiro atoms. The molecule has 0 heterocycles. The van der Waals surface area contributed by atoms with E-state index in [-0.39, 0.29) is 5.41 Å². The molecule has 1 unspecified atom stereocenters. The van der Waals surface area contributed by atoms with E-state index in [1.165, 1.54) is 0 Å². The van der Waals surface area contributed by atoms with Crippen molar-refractivity contribution in [2.45, 2.75) is 6.17 Å². The lowest BCUT2D eigenvalue weighted by Crippen LogP contribution is -2.14. The highest BCUT2D eigenvalue weighted by Gasteiger charge is 2.13. The Morgan fingerprint density at radius 1 is 1.23 bits per heavy atom. The maximum atomic E-state index is 12.4. The molecule has 0 radical (unpaired) electrons. The lowest BCUT2D eigenvalue weighted by Gasteiger charge is -1.97. The van der Waals surface area contributed by atoms with Crippen LogP contribution in [0.5, 0.6) is 0 Å². The molecule has 0 amide bonds. The van der Waals surface area contributed by atoms with E-state index in [1.54, 1.807) is 0 Å². The highest BCUT2D eigenvalue weighted by molar-refractivity contribution is 7.88. The van der Waals surface area contributed by atoms with Crippen LogP contribution in [0.15, 0.2) is 11.5 Å². The Kier molecular flexibility index (Phi) is 3.97. The average Bonchev–Trinajstić information content (AvgIpc) is 1.78. The zero-order valence-corrected chi connectivity index (χ0v) is 7.79. The number of allylic oxidation sites excluding steroid dienone is 1. The molecule has 0 saturated carbocycles. The quantitative estimate of drug-likeness (QED) is 0.641. The summed E-state index contributed by atoms with van der Waals surface area (Å²) in [5.74, 6) is -1.25. The molecule has 9 heteroatoms. The van der Waals surface area contributed by atoms with Crippen molar-refractivity contribution >= 4 is 20.2 Å². The van der Waals surface area contributed by atoms with Gasteiger partial charge in [-0.3, -0.25) is 9.11 Å². The fourth-order valence-corrected chi connectivity index (χ4v) is 1.32. The van der Waals surface area contributed by atoms with Crippen LogP contribution in [-0.4, -0.2) is 37.9 Å². The van der Waals surface area contributed by atoms with Gasteiger partial charge in [-0.2, -0.15) is 16.8 Å². The van der Waals surface area contributed by atoms with E-state index < -0.39 is 32.2 Å². The van der Waals surface area contributed by atoms with E-state index in [4.69, 9.17) is 9.11 Å². The molecule has 0 aliphatic rings. The number of alkyl halides is 1. The van der Waals surface area contributed by atoms with Crippen molar-refractivity contribution in [3.63, 3.8) is 0 Å². The molecule has 13 heavy (non-hydrogen) atoms. The molecule has 0 aliphatic heterocycles. The third kappa shape index (κ3) is 9.40. The number of hydrogen-bond donors (Lipinski definition) is 2. The van der Waals surface area contributed by atoms with Crippen molar-refractivity contribution in [1.82, 2.24) is 0 Å². The third-order valence-electron chi connectivity index (χ3n) is 0.829. The Labute approximate surface area is 74.6 Å². The van der Waals surface area contributed by atoms with Crippen LogP contribution in [0.2, 0.25) is 0 Å². The van der Waals surface area contributed by atoms with Gasteiger partial charge in [0.2, 0.25) is 0 Å². The second-order valence-corrected chi connectivity index (χ2v) is 4.91. The summed E-state index contributed by atoms with van der Waals surface area (Å²) < 4.78 is 68.7. The van der Waals surface area contributed by atoms with E-state index in [9.17, 15) is 21.2 Å². The molecule has 1 atom stereocenters. The Hall–Kier alpha value is -0.510. The third-order valence-corrected chi connectivity index (χ3v) is 2.07. The van der Waals surface area contributed by atoms with Crippen LogP contribution in [0, 0.1) is 0 Å². The molecule has 0 bridgehead atoms. The van der Waals surface area contributed by atoms with Crippen molar-refractivity contribution in [3.8, 4) is 0 Å². The number of hydrogen-bond acceptors (Lipinski definition) is 4. The van der Waals surface area contributed by atoms with E-state index in [0.717, 1.165) is 0 Å². The molecule has 6 nitrogen and oxygen atoms in total. The molecule has 78 valence electrons. The van der Waals surface area contributed by atoms with E-state index in [2.05, 4.69) is 0 Å². The molecule has 0 aromatic carbocycles. The van der Waals surface area contributed by atoms with Crippen LogP contribution in [-0.2, 0) is 20.2 Å². The smallest absolute Gasteiger partial charge is 0.285 e. The SMILES string of the molecule is O=S(=O)(O)C=CC(F)CS(=O)(=O)O. The predicted octanol–water partition coefficient (Wildman–Crippen LogP) is -0.386. The first kappa shape index (κ1) is 12.5. The van der Waals surface area contributed by atoms with Gasteiger partial charge < -0.3 is 0 Å². The van der Waals surface area contributed by atoms with Gasteiger partial charge in [-0.25, -0.2) is 4.39 Å². The van der Waals surface area contributed by atoms with Crippen LogP contribution in [0.4, 0.5) is 4.39 Å². The Balaban J connectivity index is 4.35. The van der Waals surface area contributed by atoms with Gasteiger partial charge in [-0.05, 0) is 6.08 Å². The van der Waals surface area contributed by atoms with Crippen LogP contribution in [0.3, 0.4) is 0 Å². The first-order valence-electron chi connectivity index (χ1n) is 2.85. The fourth-order valence-electron chi connectivity index (χ4n) is 0.441. The van der Waals surface area contributed by atoms with E-state index in [0.29, 0.717) is 6.08 Å². The topological polar surface area (TPSA) is 109 Å². The molecule has 0 aliphatic carbocycles. The Morgan fingerprint density at radius 2 is 1.69 bits per heavy atom. The molecular weight excluding hydrogens is 227 g/mol.